The number of aromatic nitrogens is 2. The molecule has 1 amide bonds. The Hall–Kier alpha value is -2.43. The highest BCUT2D eigenvalue weighted by Gasteiger charge is 2.07. The summed E-state index contributed by atoms with van der Waals surface area (Å²) < 4.78 is 0. The Bertz CT molecular complexity index is 554. The predicted molar refractivity (Wildman–Crippen MR) is 83.0 cm³/mol. The topological polar surface area (TPSA) is 66.9 Å². The number of amides is 1. The zero-order chi connectivity index (χ0) is 14.9. The lowest BCUT2D eigenvalue weighted by Gasteiger charge is -2.06. The maximum absolute atomic E-state index is 12.0. The first kappa shape index (κ1) is 15.0. The normalized spacial score (nSPS) is 10.1. The average molecular weight is 284 g/mol. The van der Waals surface area contributed by atoms with Crippen LogP contribution in [0.25, 0.3) is 0 Å². The second kappa shape index (κ2) is 7.99. The first-order valence-corrected chi connectivity index (χ1v) is 7.19. The van der Waals surface area contributed by atoms with Crippen molar-refractivity contribution in [1.29, 1.82) is 0 Å². The number of unbranched alkanes of at least 4 members (excludes halogenated alkanes) is 1. The van der Waals surface area contributed by atoms with E-state index in [1.165, 1.54) is 0 Å². The molecule has 0 saturated carbocycles. The van der Waals surface area contributed by atoms with Crippen LogP contribution in [0.15, 0.2) is 42.5 Å². The molecule has 0 aliphatic rings. The van der Waals surface area contributed by atoms with Gasteiger partial charge in [-0.05, 0) is 24.1 Å². The fourth-order valence-electron chi connectivity index (χ4n) is 1.81. The molecule has 0 aliphatic carbocycles. The molecule has 0 fully saturated rings. The molecule has 2 aromatic rings. The number of carbonyl (C=O) groups is 1. The summed E-state index contributed by atoms with van der Waals surface area (Å²) in [6.45, 7) is 3.48. The molecule has 0 unspecified atom stereocenters. The molecule has 0 radical (unpaired) electrons. The first-order valence-electron chi connectivity index (χ1n) is 7.19. The molecular formula is C16H20N4O. The van der Waals surface area contributed by atoms with E-state index in [1.54, 1.807) is 12.1 Å². The van der Waals surface area contributed by atoms with E-state index >= 15 is 0 Å². The number of hydrogen-bond donors (Lipinski definition) is 2. The molecule has 0 atom stereocenters. The van der Waals surface area contributed by atoms with Crippen molar-refractivity contribution in [2.45, 2.75) is 26.3 Å². The van der Waals surface area contributed by atoms with Gasteiger partial charge in [0.25, 0.3) is 5.91 Å². The average Bonchev–Trinajstić information content (AvgIpc) is 2.54. The van der Waals surface area contributed by atoms with Crippen LogP contribution in [0.4, 0.5) is 5.82 Å². The van der Waals surface area contributed by atoms with Gasteiger partial charge in [-0.25, -0.2) is 0 Å². The van der Waals surface area contributed by atoms with E-state index in [1.807, 2.05) is 30.3 Å². The molecule has 1 aromatic heterocycles. The van der Waals surface area contributed by atoms with Crippen LogP contribution in [0.3, 0.4) is 0 Å². The van der Waals surface area contributed by atoms with Crippen molar-refractivity contribution in [2.24, 2.45) is 0 Å². The Morgan fingerprint density at radius 2 is 1.90 bits per heavy atom. The van der Waals surface area contributed by atoms with Crippen LogP contribution in [0.2, 0.25) is 0 Å². The van der Waals surface area contributed by atoms with Gasteiger partial charge in [0.1, 0.15) is 5.82 Å². The Morgan fingerprint density at radius 3 is 2.57 bits per heavy atom. The van der Waals surface area contributed by atoms with Crippen LogP contribution in [0, 0.1) is 0 Å². The van der Waals surface area contributed by atoms with Gasteiger partial charge in [0.05, 0.1) is 0 Å². The number of carbonyl (C=O) groups excluding carboxylic acids is 1. The zero-order valence-electron chi connectivity index (χ0n) is 12.2. The third kappa shape index (κ3) is 4.87. The smallest absolute Gasteiger partial charge is 0.272 e. The molecule has 0 saturated heterocycles. The summed E-state index contributed by atoms with van der Waals surface area (Å²) >= 11 is 0. The summed E-state index contributed by atoms with van der Waals surface area (Å²) in [5.41, 5.74) is 1.38. The van der Waals surface area contributed by atoms with Gasteiger partial charge in [0.2, 0.25) is 0 Å². The van der Waals surface area contributed by atoms with E-state index in [9.17, 15) is 4.79 Å². The number of nitrogens with zero attached hydrogens (tertiary/aromatic N) is 2. The lowest BCUT2D eigenvalue weighted by atomic mass is 10.2. The minimum absolute atomic E-state index is 0.216. The van der Waals surface area contributed by atoms with Crippen LogP contribution in [0.5, 0.6) is 0 Å². The van der Waals surface area contributed by atoms with Gasteiger partial charge in [-0.15, -0.1) is 10.2 Å². The fraction of sp³-hybridized carbons (Fsp3) is 0.312. The van der Waals surface area contributed by atoms with Gasteiger partial charge in [-0.1, -0.05) is 43.7 Å². The van der Waals surface area contributed by atoms with Crippen molar-refractivity contribution in [2.75, 3.05) is 11.9 Å². The highest BCUT2D eigenvalue weighted by molar-refractivity contribution is 5.92. The molecule has 21 heavy (non-hydrogen) atoms. The molecule has 0 bridgehead atoms. The van der Waals surface area contributed by atoms with E-state index in [2.05, 4.69) is 27.8 Å². The second-order valence-corrected chi connectivity index (χ2v) is 4.75. The van der Waals surface area contributed by atoms with Gasteiger partial charge in [0, 0.05) is 13.1 Å². The fourth-order valence-corrected chi connectivity index (χ4v) is 1.81. The third-order valence-electron chi connectivity index (χ3n) is 3.03. The van der Waals surface area contributed by atoms with Gasteiger partial charge in [-0.3, -0.25) is 4.79 Å². The van der Waals surface area contributed by atoms with Gasteiger partial charge in [-0.2, -0.15) is 0 Å². The zero-order valence-corrected chi connectivity index (χ0v) is 12.2. The summed E-state index contributed by atoms with van der Waals surface area (Å²) in [5, 5.41) is 13.9. The maximum Gasteiger partial charge on any atom is 0.272 e. The molecule has 2 N–H and O–H groups in total. The number of hydrogen-bond acceptors (Lipinski definition) is 4. The molecule has 5 heteroatoms. The highest BCUT2D eigenvalue weighted by Crippen LogP contribution is 2.03. The SMILES string of the molecule is CCCCNc1ccc(C(=O)NCc2ccccc2)nn1. The molecular weight excluding hydrogens is 264 g/mol. The number of benzene rings is 1. The van der Waals surface area contributed by atoms with E-state index in [0.717, 1.165) is 24.9 Å². The summed E-state index contributed by atoms with van der Waals surface area (Å²) in [6.07, 6.45) is 2.21. The monoisotopic (exact) mass is 284 g/mol. The van der Waals surface area contributed by atoms with Crippen LogP contribution in [-0.4, -0.2) is 22.6 Å². The Kier molecular flexibility index (Phi) is 5.70. The van der Waals surface area contributed by atoms with Gasteiger partial charge < -0.3 is 10.6 Å². The second-order valence-electron chi connectivity index (χ2n) is 4.75. The Balaban J connectivity index is 1.85. The van der Waals surface area contributed by atoms with E-state index < -0.39 is 0 Å². The Morgan fingerprint density at radius 1 is 1.10 bits per heavy atom. The standard InChI is InChI=1S/C16H20N4O/c1-2-3-11-17-15-10-9-14(19-20-15)16(21)18-12-13-7-5-4-6-8-13/h4-10H,2-3,11-12H2,1H3,(H,17,20)(H,18,21). The van der Waals surface area contributed by atoms with E-state index in [4.69, 9.17) is 0 Å². The molecule has 0 aliphatic heterocycles. The lowest BCUT2D eigenvalue weighted by molar-refractivity contribution is 0.0945. The molecule has 1 heterocycles. The predicted octanol–water partition coefficient (Wildman–Crippen LogP) is 2.62. The van der Waals surface area contributed by atoms with Crippen molar-refractivity contribution < 1.29 is 4.79 Å². The van der Waals surface area contributed by atoms with Crippen LogP contribution < -0.4 is 10.6 Å². The summed E-state index contributed by atoms with van der Waals surface area (Å²) in [6, 6.07) is 13.2. The maximum atomic E-state index is 12.0. The first-order chi connectivity index (χ1) is 10.3. The van der Waals surface area contributed by atoms with Gasteiger partial charge >= 0.3 is 0 Å². The number of rotatable bonds is 7. The summed E-state index contributed by atoms with van der Waals surface area (Å²) in [7, 11) is 0. The van der Waals surface area contributed by atoms with Crippen molar-refractivity contribution in [3.8, 4) is 0 Å². The summed E-state index contributed by atoms with van der Waals surface area (Å²) in [4.78, 5) is 12.0. The van der Waals surface area contributed by atoms with E-state index in [0.29, 0.717) is 18.1 Å². The van der Waals surface area contributed by atoms with Crippen LogP contribution in [0.1, 0.15) is 35.8 Å². The van der Waals surface area contributed by atoms with Crippen molar-refractivity contribution in [1.82, 2.24) is 15.5 Å². The summed E-state index contributed by atoms with van der Waals surface area (Å²) in [5.74, 6) is 0.481. The van der Waals surface area contributed by atoms with E-state index in [-0.39, 0.29) is 5.91 Å². The minimum Gasteiger partial charge on any atom is -0.369 e. The number of anilines is 1. The number of nitrogens with one attached hydrogen (secondary N) is 2. The van der Waals surface area contributed by atoms with Crippen LogP contribution >= 0.6 is 0 Å². The molecule has 2 rings (SSSR count). The molecule has 1 aromatic carbocycles. The quantitative estimate of drug-likeness (QED) is 0.767. The molecule has 5 nitrogen and oxygen atoms in total. The van der Waals surface area contributed by atoms with Crippen molar-refractivity contribution in [3.05, 3.63) is 53.7 Å². The lowest BCUT2D eigenvalue weighted by Crippen LogP contribution is -2.24. The highest BCUT2D eigenvalue weighted by atomic mass is 16.1. The Labute approximate surface area is 124 Å². The van der Waals surface area contributed by atoms with Crippen LogP contribution in [-0.2, 0) is 6.54 Å². The molecule has 0 spiro atoms. The van der Waals surface area contributed by atoms with Crippen molar-refractivity contribution in [3.63, 3.8) is 0 Å². The third-order valence-corrected chi connectivity index (χ3v) is 3.03. The van der Waals surface area contributed by atoms with Crippen molar-refractivity contribution >= 4 is 11.7 Å². The largest absolute Gasteiger partial charge is 0.369 e. The van der Waals surface area contributed by atoms with Gasteiger partial charge in [0.15, 0.2) is 5.69 Å². The molecule has 110 valence electrons. The minimum atomic E-state index is -0.216.